The molecule has 0 aliphatic rings. The minimum absolute atomic E-state index is 0.126. The number of rotatable bonds is 3. The van der Waals surface area contributed by atoms with Crippen LogP contribution < -0.4 is 15.8 Å². The van der Waals surface area contributed by atoms with Crippen molar-refractivity contribution in [3.05, 3.63) is 42.7 Å². The van der Waals surface area contributed by atoms with Crippen molar-refractivity contribution in [2.24, 2.45) is 0 Å². The molecule has 84 valence electrons. The third-order valence-corrected chi connectivity index (χ3v) is 4.27. The van der Waals surface area contributed by atoms with Crippen LogP contribution in [0.4, 0.5) is 0 Å². The van der Waals surface area contributed by atoms with E-state index in [1.165, 1.54) is 6.20 Å². The van der Waals surface area contributed by atoms with Gasteiger partial charge in [0.25, 0.3) is 0 Å². The standard InChI is InChI=1S/C11H13N2O2P/c1-2-13-9-8-12-11(13)16(14,15)10-6-4-3-5-7-10/h3-9H,2H2,1H3,(H,14,15)/p-1. The highest BCUT2D eigenvalue weighted by atomic mass is 31.2. The normalized spacial score (nSPS) is 14.6. The molecule has 1 aromatic heterocycles. The maximum absolute atomic E-state index is 12.2. The Kier molecular flexibility index (Phi) is 2.95. The molecule has 1 aromatic carbocycles. The predicted molar refractivity (Wildman–Crippen MR) is 61.2 cm³/mol. The fourth-order valence-electron chi connectivity index (χ4n) is 1.55. The van der Waals surface area contributed by atoms with Gasteiger partial charge in [-0.2, -0.15) is 0 Å². The highest BCUT2D eigenvalue weighted by Crippen LogP contribution is 2.31. The summed E-state index contributed by atoms with van der Waals surface area (Å²) in [6.07, 6.45) is 3.18. The van der Waals surface area contributed by atoms with Crippen LogP contribution in [-0.4, -0.2) is 9.55 Å². The van der Waals surface area contributed by atoms with Crippen molar-refractivity contribution in [2.45, 2.75) is 13.5 Å². The summed E-state index contributed by atoms with van der Waals surface area (Å²) in [5.74, 6) is 0. The summed E-state index contributed by atoms with van der Waals surface area (Å²) >= 11 is 0. The lowest BCUT2D eigenvalue weighted by Crippen LogP contribution is -2.31. The van der Waals surface area contributed by atoms with E-state index < -0.39 is 7.37 Å². The molecule has 0 radical (unpaired) electrons. The summed E-state index contributed by atoms with van der Waals surface area (Å²) in [6.45, 7) is 2.48. The summed E-state index contributed by atoms with van der Waals surface area (Å²) in [5, 5.41) is 0.302. The second-order valence-electron chi connectivity index (χ2n) is 3.40. The summed E-state index contributed by atoms with van der Waals surface area (Å²) in [7, 11) is -3.80. The van der Waals surface area contributed by atoms with Gasteiger partial charge in [0.1, 0.15) is 7.37 Å². The maximum atomic E-state index is 12.2. The number of benzene rings is 1. The van der Waals surface area contributed by atoms with E-state index in [9.17, 15) is 9.46 Å². The number of aromatic nitrogens is 2. The van der Waals surface area contributed by atoms with Gasteiger partial charge in [-0.05, 0) is 6.92 Å². The molecule has 2 rings (SSSR count). The number of nitrogens with zero attached hydrogens (tertiary/aromatic N) is 2. The molecule has 1 atom stereocenters. The van der Waals surface area contributed by atoms with Crippen LogP contribution in [0.5, 0.6) is 0 Å². The lowest BCUT2D eigenvalue weighted by Gasteiger charge is -2.23. The fraction of sp³-hybridized carbons (Fsp3) is 0.182. The molecule has 0 spiro atoms. The maximum Gasteiger partial charge on any atom is 0.159 e. The van der Waals surface area contributed by atoms with E-state index in [0.29, 0.717) is 11.8 Å². The van der Waals surface area contributed by atoms with Crippen molar-refractivity contribution in [1.82, 2.24) is 9.55 Å². The number of imidazole rings is 1. The Morgan fingerprint density at radius 2 is 2.06 bits per heavy atom. The SMILES string of the molecule is CCn1ccnc1P(=O)([O-])c1ccccc1. The van der Waals surface area contributed by atoms with Crippen LogP contribution in [0, 0.1) is 0 Å². The highest BCUT2D eigenvalue weighted by molar-refractivity contribution is 7.71. The predicted octanol–water partition coefficient (Wildman–Crippen LogP) is 0.492. The van der Waals surface area contributed by atoms with E-state index in [0.717, 1.165) is 0 Å². The van der Waals surface area contributed by atoms with Gasteiger partial charge in [0.15, 0.2) is 5.57 Å². The number of hydrogen-bond donors (Lipinski definition) is 0. The smallest absolute Gasteiger partial charge is 0.159 e. The van der Waals surface area contributed by atoms with Crippen molar-refractivity contribution in [2.75, 3.05) is 0 Å². The first kappa shape index (κ1) is 11.1. The van der Waals surface area contributed by atoms with Crippen LogP contribution in [0.2, 0.25) is 0 Å². The molecule has 1 unspecified atom stereocenters. The zero-order valence-electron chi connectivity index (χ0n) is 8.91. The lowest BCUT2D eigenvalue weighted by molar-refractivity contribution is -0.167. The van der Waals surface area contributed by atoms with Gasteiger partial charge in [0.05, 0.1) is 0 Å². The molecular formula is C11H12N2O2P-. The molecule has 0 saturated heterocycles. The lowest BCUT2D eigenvalue weighted by atomic mass is 10.4. The van der Waals surface area contributed by atoms with Gasteiger partial charge in [-0.1, -0.05) is 30.3 Å². The first-order valence-electron chi connectivity index (χ1n) is 5.04. The van der Waals surface area contributed by atoms with E-state index in [-0.39, 0.29) is 5.57 Å². The molecule has 16 heavy (non-hydrogen) atoms. The molecule has 0 amide bonds. The van der Waals surface area contributed by atoms with Gasteiger partial charge in [0.2, 0.25) is 0 Å². The average molecular weight is 235 g/mol. The Morgan fingerprint density at radius 3 is 2.69 bits per heavy atom. The van der Waals surface area contributed by atoms with Gasteiger partial charge >= 0.3 is 0 Å². The van der Waals surface area contributed by atoms with E-state index in [2.05, 4.69) is 4.98 Å². The molecule has 5 heteroatoms. The molecule has 4 nitrogen and oxygen atoms in total. The molecule has 0 aliphatic carbocycles. The van der Waals surface area contributed by atoms with E-state index >= 15 is 0 Å². The first-order valence-corrected chi connectivity index (χ1v) is 6.67. The second-order valence-corrected chi connectivity index (χ2v) is 5.42. The van der Waals surface area contributed by atoms with Crippen molar-refractivity contribution in [3.8, 4) is 0 Å². The van der Waals surface area contributed by atoms with Crippen LogP contribution in [0.25, 0.3) is 0 Å². The van der Waals surface area contributed by atoms with E-state index in [1.54, 1.807) is 41.1 Å². The van der Waals surface area contributed by atoms with E-state index in [4.69, 9.17) is 0 Å². The molecular weight excluding hydrogens is 223 g/mol. The molecule has 0 aliphatic heterocycles. The van der Waals surface area contributed by atoms with Crippen LogP contribution in [-0.2, 0) is 11.1 Å². The van der Waals surface area contributed by atoms with Crippen molar-refractivity contribution in [3.63, 3.8) is 0 Å². The van der Waals surface area contributed by atoms with Crippen molar-refractivity contribution < 1.29 is 9.46 Å². The third-order valence-electron chi connectivity index (χ3n) is 2.39. The quantitative estimate of drug-likeness (QED) is 0.727. The van der Waals surface area contributed by atoms with Gasteiger partial charge in [-0.3, -0.25) is 0 Å². The average Bonchev–Trinajstić information content (AvgIpc) is 2.79. The zero-order chi connectivity index (χ0) is 11.6. The van der Waals surface area contributed by atoms with E-state index in [1.807, 2.05) is 6.92 Å². The van der Waals surface area contributed by atoms with Crippen LogP contribution >= 0.6 is 7.37 Å². The molecule has 1 heterocycles. The minimum Gasteiger partial charge on any atom is -0.790 e. The monoisotopic (exact) mass is 235 g/mol. The largest absolute Gasteiger partial charge is 0.790 e. The van der Waals surface area contributed by atoms with Crippen LogP contribution in [0.3, 0.4) is 0 Å². The second kappa shape index (κ2) is 4.24. The molecule has 0 saturated carbocycles. The highest BCUT2D eigenvalue weighted by Gasteiger charge is 2.18. The Hall–Kier alpha value is -1.38. The first-order chi connectivity index (χ1) is 7.66. The number of aryl methyl sites for hydroxylation is 1. The summed E-state index contributed by atoms with van der Waals surface area (Å²) in [5.41, 5.74) is 0.126. The summed E-state index contributed by atoms with van der Waals surface area (Å²) in [6, 6.07) is 8.37. The third kappa shape index (κ3) is 1.82. The summed E-state index contributed by atoms with van der Waals surface area (Å²) in [4.78, 5) is 16.1. The molecule has 2 aromatic rings. The Balaban J connectivity index is 2.51. The molecule has 0 bridgehead atoms. The van der Waals surface area contributed by atoms with Gasteiger partial charge in [-0.25, -0.2) is 4.98 Å². The van der Waals surface area contributed by atoms with Crippen molar-refractivity contribution in [1.29, 1.82) is 0 Å². The number of hydrogen-bond acceptors (Lipinski definition) is 3. The molecule has 0 N–H and O–H groups in total. The fourth-order valence-corrected chi connectivity index (χ4v) is 3.11. The van der Waals surface area contributed by atoms with Crippen LogP contribution in [0.15, 0.2) is 42.7 Å². The van der Waals surface area contributed by atoms with Crippen molar-refractivity contribution >= 4 is 18.2 Å². The van der Waals surface area contributed by atoms with Gasteiger partial charge in [0, 0.05) is 24.2 Å². The Morgan fingerprint density at radius 1 is 1.38 bits per heavy atom. The van der Waals surface area contributed by atoms with Gasteiger partial charge in [-0.15, -0.1) is 0 Å². The zero-order valence-corrected chi connectivity index (χ0v) is 9.80. The summed E-state index contributed by atoms with van der Waals surface area (Å²) < 4.78 is 13.8. The van der Waals surface area contributed by atoms with Gasteiger partial charge < -0.3 is 14.0 Å². The minimum atomic E-state index is -3.80. The topological polar surface area (TPSA) is 58.0 Å². The van der Waals surface area contributed by atoms with Crippen LogP contribution in [0.1, 0.15) is 6.92 Å². The Bertz CT molecular complexity index is 522. The molecule has 0 fully saturated rings. The Labute approximate surface area is 94.0 Å².